The third kappa shape index (κ3) is 6.75. The van der Waals surface area contributed by atoms with Gasteiger partial charge in [0.1, 0.15) is 0 Å². The van der Waals surface area contributed by atoms with E-state index in [0.717, 1.165) is 6.54 Å². The summed E-state index contributed by atoms with van der Waals surface area (Å²) in [5.41, 5.74) is 0.698. The SMILES string of the molecule is O=C(CCCC(=O)c1ccccc1)NCCOCCn1ccnc1. The molecule has 0 atom stereocenters. The van der Waals surface area contributed by atoms with Gasteiger partial charge in [-0.15, -0.1) is 0 Å². The predicted molar refractivity (Wildman–Crippen MR) is 90.7 cm³/mol. The molecule has 1 heterocycles. The molecule has 1 amide bonds. The molecule has 1 aromatic heterocycles. The molecular weight excluding hydrogens is 306 g/mol. The van der Waals surface area contributed by atoms with Crippen molar-refractivity contribution in [2.75, 3.05) is 19.8 Å². The van der Waals surface area contributed by atoms with Gasteiger partial charge in [0, 0.05) is 43.9 Å². The van der Waals surface area contributed by atoms with Gasteiger partial charge in [-0.1, -0.05) is 30.3 Å². The highest BCUT2D eigenvalue weighted by Crippen LogP contribution is 2.06. The molecule has 2 aromatic rings. The highest BCUT2D eigenvalue weighted by Gasteiger charge is 2.07. The lowest BCUT2D eigenvalue weighted by molar-refractivity contribution is -0.121. The molecule has 0 radical (unpaired) electrons. The summed E-state index contributed by atoms with van der Waals surface area (Å²) >= 11 is 0. The van der Waals surface area contributed by atoms with E-state index in [1.807, 2.05) is 29.0 Å². The fraction of sp³-hybridized carbons (Fsp3) is 0.389. The van der Waals surface area contributed by atoms with Crippen LogP contribution in [0.4, 0.5) is 0 Å². The van der Waals surface area contributed by atoms with Crippen LogP contribution in [0.2, 0.25) is 0 Å². The number of nitrogens with one attached hydrogen (secondary N) is 1. The van der Waals surface area contributed by atoms with E-state index in [-0.39, 0.29) is 11.7 Å². The first-order valence-corrected chi connectivity index (χ1v) is 8.14. The van der Waals surface area contributed by atoms with Crippen LogP contribution in [0.3, 0.4) is 0 Å². The Morgan fingerprint density at radius 1 is 1.12 bits per heavy atom. The van der Waals surface area contributed by atoms with Gasteiger partial charge < -0.3 is 14.6 Å². The van der Waals surface area contributed by atoms with Crippen molar-refractivity contribution < 1.29 is 14.3 Å². The maximum absolute atomic E-state index is 11.9. The molecule has 6 heteroatoms. The number of benzene rings is 1. The van der Waals surface area contributed by atoms with E-state index < -0.39 is 0 Å². The summed E-state index contributed by atoms with van der Waals surface area (Å²) in [4.78, 5) is 27.5. The Morgan fingerprint density at radius 3 is 2.71 bits per heavy atom. The third-order valence-corrected chi connectivity index (χ3v) is 3.53. The van der Waals surface area contributed by atoms with Crippen LogP contribution in [-0.4, -0.2) is 41.0 Å². The smallest absolute Gasteiger partial charge is 0.220 e. The van der Waals surface area contributed by atoms with Crippen LogP contribution in [0.25, 0.3) is 0 Å². The van der Waals surface area contributed by atoms with Gasteiger partial charge >= 0.3 is 0 Å². The monoisotopic (exact) mass is 329 g/mol. The molecule has 0 saturated heterocycles. The first-order valence-electron chi connectivity index (χ1n) is 8.14. The number of hydrogen-bond donors (Lipinski definition) is 1. The number of amides is 1. The number of ketones is 1. The van der Waals surface area contributed by atoms with Gasteiger partial charge in [0.15, 0.2) is 5.78 Å². The lowest BCUT2D eigenvalue weighted by atomic mass is 10.1. The van der Waals surface area contributed by atoms with Gasteiger partial charge in [-0.2, -0.15) is 0 Å². The molecule has 0 aliphatic rings. The Morgan fingerprint density at radius 2 is 1.96 bits per heavy atom. The zero-order chi connectivity index (χ0) is 17.0. The van der Waals surface area contributed by atoms with Crippen molar-refractivity contribution in [2.45, 2.75) is 25.8 Å². The highest BCUT2D eigenvalue weighted by atomic mass is 16.5. The maximum Gasteiger partial charge on any atom is 0.220 e. The van der Waals surface area contributed by atoms with Crippen LogP contribution in [0, 0.1) is 0 Å². The van der Waals surface area contributed by atoms with E-state index in [1.54, 1.807) is 24.7 Å². The zero-order valence-corrected chi connectivity index (χ0v) is 13.7. The van der Waals surface area contributed by atoms with Gasteiger partial charge in [0.05, 0.1) is 19.5 Å². The van der Waals surface area contributed by atoms with E-state index in [4.69, 9.17) is 4.74 Å². The molecule has 0 unspecified atom stereocenters. The van der Waals surface area contributed by atoms with Gasteiger partial charge in [0.25, 0.3) is 0 Å². The number of Topliss-reactive ketones (excluding diaryl/α,β-unsaturated/α-hetero) is 1. The average Bonchev–Trinajstić information content (AvgIpc) is 3.12. The van der Waals surface area contributed by atoms with E-state index in [2.05, 4.69) is 10.3 Å². The summed E-state index contributed by atoms with van der Waals surface area (Å²) in [5.74, 6) is 0.0281. The number of hydrogen-bond acceptors (Lipinski definition) is 4. The molecule has 0 fully saturated rings. The molecule has 0 bridgehead atoms. The van der Waals surface area contributed by atoms with E-state index in [9.17, 15) is 9.59 Å². The van der Waals surface area contributed by atoms with Crippen molar-refractivity contribution in [2.24, 2.45) is 0 Å². The molecule has 128 valence electrons. The number of aromatic nitrogens is 2. The summed E-state index contributed by atoms with van der Waals surface area (Å²) in [5, 5.41) is 2.80. The fourth-order valence-electron chi connectivity index (χ4n) is 2.22. The molecule has 24 heavy (non-hydrogen) atoms. The van der Waals surface area contributed by atoms with Crippen LogP contribution >= 0.6 is 0 Å². The minimum atomic E-state index is -0.0472. The van der Waals surface area contributed by atoms with Gasteiger partial charge in [-0.3, -0.25) is 9.59 Å². The number of nitrogens with zero attached hydrogens (tertiary/aromatic N) is 2. The number of ether oxygens (including phenoxy) is 1. The number of rotatable bonds is 11. The van der Waals surface area contributed by atoms with E-state index in [0.29, 0.717) is 44.6 Å². The Balaban J connectivity index is 1.47. The quantitative estimate of drug-likeness (QED) is 0.506. The Labute approximate surface area is 141 Å². The van der Waals surface area contributed by atoms with E-state index in [1.165, 1.54) is 0 Å². The summed E-state index contributed by atoms with van der Waals surface area (Å²) in [6, 6.07) is 9.15. The normalized spacial score (nSPS) is 10.5. The van der Waals surface area contributed by atoms with Crippen LogP contribution in [0.15, 0.2) is 49.1 Å². The van der Waals surface area contributed by atoms with Gasteiger partial charge in [-0.05, 0) is 6.42 Å². The first-order chi connectivity index (χ1) is 11.8. The standard InChI is InChI=1S/C18H23N3O3/c22-17(16-5-2-1-3-6-16)7-4-8-18(23)20-10-13-24-14-12-21-11-9-19-15-21/h1-3,5-6,9,11,15H,4,7-8,10,12-14H2,(H,20,23). The van der Waals surface area contributed by atoms with Gasteiger partial charge in [-0.25, -0.2) is 4.98 Å². The number of imidazole rings is 1. The zero-order valence-electron chi connectivity index (χ0n) is 13.7. The predicted octanol–water partition coefficient (Wildman–Crippen LogP) is 2.07. The first kappa shape index (κ1) is 17.9. The van der Waals surface area contributed by atoms with Crippen molar-refractivity contribution in [1.82, 2.24) is 14.9 Å². The van der Waals surface area contributed by atoms with Crippen molar-refractivity contribution in [3.05, 3.63) is 54.6 Å². The average molecular weight is 329 g/mol. The molecule has 0 spiro atoms. The van der Waals surface area contributed by atoms with Crippen LogP contribution in [0.5, 0.6) is 0 Å². The van der Waals surface area contributed by atoms with Crippen molar-refractivity contribution in [1.29, 1.82) is 0 Å². The second-order valence-electron chi connectivity index (χ2n) is 5.41. The number of carbonyl (C=O) groups is 2. The Bertz CT molecular complexity index is 612. The summed E-state index contributed by atoms with van der Waals surface area (Å²) in [6.45, 7) is 2.28. The maximum atomic E-state index is 11.9. The third-order valence-electron chi connectivity index (χ3n) is 3.53. The second-order valence-corrected chi connectivity index (χ2v) is 5.41. The Hall–Kier alpha value is -2.47. The molecule has 0 aliphatic heterocycles. The second kappa shape index (κ2) is 10.3. The molecule has 6 nitrogen and oxygen atoms in total. The summed E-state index contributed by atoms with van der Waals surface area (Å²) in [6.07, 6.45) is 6.64. The van der Waals surface area contributed by atoms with Crippen molar-refractivity contribution in [3.63, 3.8) is 0 Å². The minimum Gasteiger partial charge on any atom is -0.378 e. The number of carbonyl (C=O) groups excluding carboxylic acids is 2. The molecule has 0 aliphatic carbocycles. The topological polar surface area (TPSA) is 73.2 Å². The molecule has 1 N–H and O–H groups in total. The lowest BCUT2D eigenvalue weighted by Gasteiger charge is -2.07. The van der Waals surface area contributed by atoms with E-state index >= 15 is 0 Å². The van der Waals surface area contributed by atoms with Crippen LogP contribution < -0.4 is 5.32 Å². The molecule has 2 rings (SSSR count). The molecule has 1 aromatic carbocycles. The minimum absolute atomic E-state index is 0.0472. The molecule has 0 saturated carbocycles. The largest absolute Gasteiger partial charge is 0.378 e. The fourth-order valence-corrected chi connectivity index (χ4v) is 2.22. The van der Waals surface area contributed by atoms with Gasteiger partial charge in [0.2, 0.25) is 5.91 Å². The summed E-state index contributed by atoms with van der Waals surface area (Å²) < 4.78 is 7.37. The molecular formula is C18H23N3O3. The Kier molecular flexibility index (Phi) is 7.70. The lowest BCUT2D eigenvalue weighted by Crippen LogP contribution is -2.27. The summed E-state index contributed by atoms with van der Waals surface area (Å²) in [7, 11) is 0. The van der Waals surface area contributed by atoms with Crippen molar-refractivity contribution in [3.8, 4) is 0 Å². The van der Waals surface area contributed by atoms with Crippen LogP contribution in [-0.2, 0) is 16.1 Å². The highest BCUT2D eigenvalue weighted by molar-refractivity contribution is 5.96. The van der Waals surface area contributed by atoms with Crippen LogP contribution in [0.1, 0.15) is 29.6 Å². The van der Waals surface area contributed by atoms with Crippen molar-refractivity contribution >= 4 is 11.7 Å².